The Balaban J connectivity index is 2.22. The van der Waals surface area contributed by atoms with Crippen LogP contribution in [0, 0.1) is 5.92 Å². The minimum atomic E-state index is 1.00. The van der Waals surface area contributed by atoms with Crippen LogP contribution in [0.3, 0.4) is 0 Å². The van der Waals surface area contributed by atoms with Gasteiger partial charge in [0.05, 0.1) is 0 Å². The summed E-state index contributed by atoms with van der Waals surface area (Å²) >= 11 is 2.62. The maximum absolute atomic E-state index is 2.62. The third kappa shape index (κ3) is 2.10. The monoisotopic (exact) mass is 238 g/mol. The van der Waals surface area contributed by atoms with Gasteiger partial charge in [0, 0.05) is 3.92 Å². The molecule has 0 N–H and O–H groups in total. The van der Waals surface area contributed by atoms with Crippen LogP contribution in [0.5, 0.6) is 0 Å². The van der Waals surface area contributed by atoms with Crippen LogP contribution in [0.1, 0.15) is 39.0 Å². The van der Waals surface area contributed by atoms with Gasteiger partial charge in [0.1, 0.15) is 0 Å². The molecule has 9 heavy (non-hydrogen) atoms. The smallest absolute Gasteiger partial charge is 0.0138 e. The van der Waals surface area contributed by atoms with E-state index in [0.29, 0.717) is 0 Å². The van der Waals surface area contributed by atoms with Crippen LogP contribution in [-0.4, -0.2) is 3.92 Å². The van der Waals surface area contributed by atoms with Crippen molar-refractivity contribution in [3.05, 3.63) is 0 Å². The Kier molecular flexibility index (Phi) is 3.30. The molecule has 1 unspecified atom stereocenters. The van der Waals surface area contributed by atoms with Crippen molar-refractivity contribution in [3.8, 4) is 0 Å². The molecule has 2 atom stereocenters. The molecule has 1 aliphatic rings. The first-order valence-electron chi connectivity index (χ1n) is 3.98. The Labute approximate surface area is 71.5 Å². The van der Waals surface area contributed by atoms with Crippen molar-refractivity contribution in [2.45, 2.75) is 43.0 Å². The predicted molar refractivity (Wildman–Crippen MR) is 50.1 cm³/mol. The minimum Gasteiger partial charge on any atom is -0.0823 e. The zero-order valence-electron chi connectivity index (χ0n) is 6.07. The van der Waals surface area contributed by atoms with Crippen LogP contribution in [-0.2, 0) is 0 Å². The number of rotatable bonds is 2. The summed E-state index contributed by atoms with van der Waals surface area (Å²) in [6, 6.07) is 0. The summed E-state index contributed by atoms with van der Waals surface area (Å²) in [6.45, 7) is 2.29. The van der Waals surface area contributed by atoms with E-state index >= 15 is 0 Å². The highest BCUT2D eigenvalue weighted by atomic mass is 127. The largest absolute Gasteiger partial charge is 0.0823 e. The molecule has 1 saturated carbocycles. The molecule has 0 aromatic heterocycles. The fraction of sp³-hybridized carbons (Fsp3) is 1.00. The molecule has 0 aromatic carbocycles. The summed E-state index contributed by atoms with van der Waals surface area (Å²) in [5.41, 5.74) is 0. The standard InChI is InChI=1S/C8H15I/c1-2-4-7-5-3-6-8(7)9/h7-8H,2-6H2,1H3/t7-,8?/m1/s1. The highest BCUT2D eigenvalue weighted by molar-refractivity contribution is 14.1. The molecule has 0 bridgehead atoms. The second-order valence-corrected chi connectivity index (χ2v) is 4.60. The number of hydrogen-bond donors (Lipinski definition) is 0. The van der Waals surface area contributed by atoms with Crippen LogP contribution in [0.4, 0.5) is 0 Å². The first-order chi connectivity index (χ1) is 4.34. The lowest BCUT2D eigenvalue weighted by Crippen LogP contribution is -2.04. The van der Waals surface area contributed by atoms with Crippen molar-refractivity contribution in [1.82, 2.24) is 0 Å². The van der Waals surface area contributed by atoms with E-state index in [0.717, 1.165) is 9.84 Å². The number of alkyl halides is 1. The Morgan fingerprint density at radius 2 is 2.22 bits per heavy atom. The van der Waals surface area contributed by atoms with Crippen LogP contribution < -0.4 is 0 Å². The molecule has 1 heteroatoms. The van der Waals surface area contributed by atoms with E-state index in [2.05, 4.69) is 29.5 Å². The lowest BCUT2D eigenvalue weighted by atomic mass is 10.0. The highest BCUT2D eigenvalue weighted by Gasteiger charge is 2.23. The Morgan fingerprint density at radius 1 is 1.44 bits per heavy atom. The second kappa shape index (κ2) is 3.79. The summed E-state index contributed by atoms with van der Waals surface area (Å²) in [5.74, 6) is 1.07. The summed E-state index contributed by atoms with van der Waals surface area (Å²) in [7, 11) is 0. The highest BCUT2D eigenvalue weighted by Crippen LogP contribution is 2.34. The lowest BCUT2D eigenvalue weighted by Gasteiger charge is -2.10. The summed E-state index contributed by atoms with van der Waals surface area (Å²) < 4.78 is 1.00. The van der Waals surface area contributed by atoms with Crippen LogP contribution in [0.15, 0.2) is 0 Å². The van der Waals surface area contributed by atoms with Gasteiger partial charge in [-0.05, 0) is 25.2 Å². The SMILES string of the molecule is CCC[C@@H]1CCCC1I. The zero-order chi connectivity index (χ0) is 6.69. The third-order valence-electron chi connectivity index (χ3n) is 2.23. The fourth-order valence-corrected chi connectivity index (χ4v) is 2.85. The molecule has 0 spiro atoms. The summed E-state index contributed by atoms with van der Waals surface area (Å²) in [5, 5.41) is 0. The molecular formula is C8H15I. The van der Waals surface area contributed by atoms with Gasteiger partial charge in [0.2, 0.25) is 0 Å². The molecule has 0 aliphatic heterocycles. The van der Waals surface area contributed by atoms with Crippen molar-refractivity contribution in [1.29, 1.82) is 0 Å². The van der Waals surface area contributed by atoms with Gasteiger partial charge >= 0.3 is 0 Å². The van der Waals surface area contributed by atoms with E-state index in [1.165, 1.54) is 32.1 Å². The molecule has 0 radical (unpaired) electrons. The molecule has 0 heterocycles. The molecule has 0 aromatic rings. The number of halogens is 1. The molecule has 1 rings (SSSR count). The molecule has 0 amide bonds. The van der Waals surface area contributed by atoms with Gasteiger partial charge in [-0.25, -0.2) is 0 Å². The average molecular weight is 238 g/mol. The molecule has 0 nitrogen and oxygen atoms in total. The molecule has 1 aliphatic carbocycles. The van der Waals surface area contributed by atoms with Crippen molar-refractivity contribution in [2.75, 3.05) is 0 Å². The van der Waals surface area contributed by atoms with Crippen molar-refractivity contribution >= 4 is 22.6 Å². The van der Waals surface area contributed by atoms with Gasteiger partial charge in [0.15, 0.2) is 0 Å². The van der Waals surface area contributed by atoms with Gasteiger partial charge in [-0.2, -0.15) is 0 Å². The van der Waals surface area contributed by atoms with E-state index in [4.69, 9.17) is 0 Å². The van der Waals surface area contributed by atoms with Gasteiger partial charge in [-0.15, -0.1) is 0 Å². The van der Waals surface area contributed by atoms with Crippen LogP contribution >= 0.6 is 22.6 Å². The fourth-order valence-electron chi connectivity index (χ4n) is 1.69. The maximum Gasteiger partial charge on any atom is 0.0138 e. The predicted octanol–water partition coefficient (Wildman–Crippen LogP) is 3.39. The maximum atomic E-state index is 2.62. The molecule has 1 fully saturated rings. The van der Waals surface area contributed by atoms with E-state index < -0.39 is 0 Å². The zero-order valence-corrected chi connectivity index (χ0v) is 8.23. The van der Waals surface area contributed by atoms with Gasteiger partial charge in [-0.1, -0.05) is 42.4 Å². The van der Waals surface area contributed by atoms with Crippen LogP contribution in [0.25, 0.3) is 0 Å². The van der Waals surface area contributed by atoms with E-state index in [1.54, 1.807) is 0 Å². The second-order valence-electron chi connectivity index (χ2n) is 3.00. The molecule has 0 saturated heterocycles. The van der Waals surface area contributed by atoms with Crippen molar-refractivity contribution < 1.29 is 0 Å². The Bertz CT molecular complexity index is 80.6. The normalized spacial score (nSPS) is 35.3. The Morgan fingerprint density at radius 3 is 2.67 bits per heavy atom. The first-order valence-corrected chi connectivity index (χ1v) is 5.23. The van der Waals surface area contributed by atoms with E-state index in [-0.39, 0.29) is 0 Å². The average Bonchev–Trinajstić information content (AvgIpc) is 2.18. The quantitative estimate of drug-likeness (QED) is 0.511. The van der Waals surface area contributed by atoms with E-state index in [1.807, 2.05) is 0 Å². The summed E-state index contributed by atoms with van der Waals surface area (Å²) in [4.78, 5) is 0. The molecule has 54 valence electrons. The molecular weight excluding hydrogens is 223 g/mol. The van der Waals surface area contributed by atoms with Crippen molar-refractivity contribution in [3.63, 3.8) is 0 Å². The number of hydrogen-bond acceptors (Lipinski definition) is 0. The van der Waals surface area contributed by atoms with Gasteiger partial charge in [0.25, 0.3) is 0 Å². The first kappa shape index (κ1) is 7.83. The lowest BCUT2D eigenvalue weighted by molar-refractivity contribution is 0.515. The minimum absolute atomic E-state index is 1.00. The van der Waals surface area contributed by atoms with Gasteiger partial charge in [-0.3, -0.25) is 0 Å². The third-order valence-corrected chi connectivity index (χ3v) is 3.87. The van der Waals surface area contributed by atoms with E-state index in [9.17, 15) is 0 Å². The van der Waals surface area contributed by atoms with Gasteiger partial charge < -0.3 is 0 Å². The van der Waals surface area contributed by atoms with Crippen molar-refractivity contribution in [2.24, 2.45) is 5.92 Å². The summed E-state index contributed by atoms with van der Waals surface area (Å²) in [6.07, 6.45) is 7.31. The Hall–Kier alpha value is 0.730. The van der Waals surface area contributed by atoms with Crippen LogP contribution in [0.2, 0.25) is 0 Å². The topological polar surface area (TPSA) is 0 Å².